The standard InChI is InChI=1S/C9H14N2O4S2/c1-3-5-10-17(13,14)11-7-4-6-16-8(7)9(12)15-2/h4,6,10-11H,3,5H2,1-2H3. The molecule has 8 heteroatoms. The van der Waals surface area contributed by atoms with Gasteiger partial charge in [0, 0.05) is 6.54 Å². The van der Waals surface area contributed by atoms with E-state index < -0.39 is 16.2 Å². The average molecular weight is 278 g/mol. The SMILES string of the molecule is CCCNS(=O)(=O)Nc1ccsc1C(=O)OC. The summed E-state index contributed by atoms with van der Waals surface area (Å²) >= 11 is 1.12. The van der Waals surface area contributed by atoms with Crippen molar-refractivity contribution in [2.75, 3.05) is 18.4 Å². The molecule has 0 atom stereocenters. The van der Waals surface area contributed by atoms with Crippen LogP contribution in [0.4, 0.5) is 5.69 Å². The van der Waals surface area contributed by atoms with E-state index in [0.29, 0.717) is 13.0 Å². The molecule has 0 aliphatic rings. The van der Waals surface area contributed by atoms with Crippen molar-refractivity contribution in [3.63, 3.8) is 0 Å². The lowest BCUT2D eigenvalue weighted by Gasteiger charge is -2.08. The molecule has 1 rings (SSSR count). The molecule has 0 aliphatic carbocycles. The molecule has 0 unspecified atom stereocenters. The fraction of sp³-hybridized carbons (Fsp3) is 0.444. The minimum absolute atomic E-state index is 0.227. The summed E-state index contributed by atoms with van der Waals surface area (Å²) in [5.74, 6) is -0.562. The van der Waals surface area contributed by atoms with Crippen LogP contribution in [0.2, 0.25) is 0 Å². The number of esters is 1. The van der Waals surface area contributed by atoms with E-state index in [1.807, 2.05) is 6.92 Å². The number of methoxy groups -OCH3 is 1. The molecular weight excluding hydrogens is 264 g/mol. The molecular formula is C9H14N2O4S2. The van der Waals surface area contributed by atoms with Gasteiger partial charge in [0.2, 0.25) is 0 Å². The first-order valence-electron chi connectivity index (χ1n) is 4.93. The second-order valence-corrected chi connectivity index (χ2v) is 5.57. The maximum atomic E-state index is 11.6. The molecule has 0 saturated heterocycles. The molecule has 1 aromatic rings. The Bertz CT molecular complexity index is 481. The number of ether oxygens (including phenoxy) is 1. The van der Waals surface area contributed by atoms with Crippen LogP contribution < -0.4 is 9.44 Å². The zero-order valence-electron chi connectivity index (χ0n) is 9.52. The number of rotatable bonds is 6. The molecule has 96 valence electrons. The molecule has 1 aromatic heterocycles. The Morgan fingerprint density at radius 3 is 2.82 bits per heavy atom. The Hall–Kier alpha value is -1.12. The third-order valence-corrected chi connectivity index (χ3v) is 3.79. The molecule has 0 amide bonds. The highest BCUT2D eigenvalue weighted by Gasteiger charge is 2.17. The monoisotopic (exact) mass is 278 g/mol. The van der Waals surface area contributed by atoms with Crippen molar-refractivity contribution in [3.05, 3.63) is 16.3 Å². The Morgan fingerprint density at radius 2 is 2.24 bits per heavy atom. The van der Waals surface area contributed by atoms with Gasteiger partial charge in [0.25, 0.3) is 10.2 Å². The number of nitrogens with one attached hydrogen (secondary N) is 2. The molecule has 0 fully saturated rings. The Balaban J connectivity index is 2.82. The molecule has 0 aliphatic heterocycles. The highest BCUT2D eigenvalue weighted by molar-refractivity contribution is 7.90. The van der Waals surface area contributed by atoms with E-state index in [-0.39, 0.29) is 10.6 Å². The molecule has 6 nitrogen and oxygen atoms in total. The van der Waals surface area contributed by atoms with Crippen LogP contribution in [0.3, 0.4) is 0 Å². The zero-order valence-corrected chi connectivity index (χ0v) is 11.2. The summed E-state index contributed by atoms with van der Waals surface area (Å²) in [5, 5.41) is 1.62. The number of carbonyl (C=O) groups is 1. The van der Waals surface area contributed by atoms with Gasteiger partial charge in [-0.2, -0.15) is 13.1 Å². The van der Waals surface area contributed by atoms with Crippen molar-refractivity contribution >= 4 is 33.2 Å². The summed E-state index contributed by atoms with van der Waals surface area (Å²) in [6.07, 6.45) is 0.689. The van der Waals surface area contributed by atoms with Gasteiger partial charge in [-0.25, -0.2) is 4.79 Å². The van der Waals surface area contributed by atoms with E-state index in [0.717, 1.165) is 11.3 Å². The average Bonchev–Trinajstić information content (AvgIpc) is 2.72. The lowest BCUT2D eigenvalue weighted by atomic mass is 10.4. The summed E-state index contributed by atoms with van der Waals surface area (Å²) in [6.45, 7) is 2.19. The molecule has 0 spiro atoms. The fourth-order valence-corrected chi connectivity index (χ4v) is 2.89. The van der Waals surface area contributed by atoms with E-state index in [9.17, 15) is 13.2 Å². The lowest BCUT2D eigenvalue weighted by Crippen LogP contribution is -2.31. The lowest BCUT2D eigenvalue weighted by molar-refractivity contribution is 0.0607. The van der Waals surface area contributed by atoms with E-state index in [4.69, 9.17) is 0 Å². The number of thiophene rings is 1. The highest BCUT2D eigenvalue weighted by atomic mass is 32.2. The Kier molecular flexibility index (Phi) is 4.91. The summed E-state index contributed by atoms with van der Waals surface area (Å²) < 4.78 is 32.3. The largest absolute Gasteiger partial charge is 0.465 e. The minimum atomic E-state index is -3.63. The van der Waals surface area contributed by atoms with Gasteiger partial charge in [-0.05, 0) is 17.9 Å². The van der Waals surface area contributed by atoms with Crippen LogP contribution in [-0.4, -0.2) is 28.0 Å². The Labute approximate surface area is 104 Å². The van der Waals surface area contributed by atoms with Gasteiger partial charge < -0.3 is 4.74 Å². The molecule has 0 radical (unpaired) electrons. The predicted molar refractivity (Wildman–Crippen MR) is 66.5 cm³/mol. The van der Waals surface area contributed by atoms with Crippen LogP contribution in [0.1, 0.15) is 23.0 Å². The molecule has 0 bridgehead atoms. The molecule has 1 heterocycles. The topological polar surface area (TPSA) is 84.5 Å². The molecule has 2 N–H and O–H groups in total. The normalized spacial score (nSPS) is 11.2. The van der Waals surface area contributed by atoms with Crippen molar-refractivity contribution in [2.45, 2.75) is 13.3 Å². The van der Waals surface area contributed by atoms with E-state index in [1.165, 1.54) is 13.2 Å². The number of hydrogen-bond donors (Lipinski definition) is 2. The second kappa shape index (κ2) is 5.99. The van der Waals surface area contributed by atoms with Crippen LogP contribution >= 0.6 is 11.3 Å². The van der Waals surface area contributed by atoms with Crippen molar-refractivity contribution in [2.24, 2.45) is 0 Å². The van der Waals surface area contributed by atoms with Gasteiger partial charge in [0.15, 0.2) is 0 Å². The van der Waals surface area contributed by atoms with Crippen LogP contribution in [0, 0.1) is 0 Å². The van der Waals surface area contributed by atoms with Crippen molar-refractivity contribution < 1.29 is 17.9 Å². The maximum Gasteiger partial charge on any atom is 0.350 e. The quantitative estimate of drug-likeness (QED) is 0.766. The highest BCUT2D eigenvalue weighted by Crippen LogP contribution is 2.23. The minimum Gasteiger partial charge on any atom is -0.465 e. The van der Waals surface area contributed by atoms with E-state index in [1.54, 1.807) is 5.38 Å². The molecule has 17 heavy (non-hydrogen) atoms. The first-order chi connectivity index (χ1) is 8.00. The van der Waals surface area contributed by atoms with Crippen LogP contribution in [0.25, 0.3) is 0 Å². The van der Waals surface area contributed by atoms with Gasteiger partial charge in [-0.3, -0.25) is 4.72 Å². The summed E-state index contributed by atoms with van der Waals surface area (Å²) in [5.41, 5.74) is 0.227. The fourth-order valence-electron chi connectivity index (χ4n) is 1.06. The van der Waals surface area contributed by atoms with Gasteiger partial charge in [-0.15, -0.1) is 11.3 Å². The molecule has 0 saturated carbocycles. The van der Waals surface area contributed by atoms with Crippen molar-refractivity contribution in [1.82, 2.24) is 4.72 Å². The Morgan fingerprint density at radius 1 is 1.53 bits per heavy atom. The van der Waals surface area contributed by atoms with Crippen LogP contribution in [0.5, 0.6) is 0 Å². The van der Waals surface area contributed by atoms with Crippen molar-refractivity contribution in [1.29, 1.82) is 0 Å². The third kappa shape index (κ3) is 3.99. The number of anilines is 1. The maximum absolute atomic E-state index is 11.6. The van der Waals surface area contributed by atoms with Crippen LogP contribution in [0.15, 0.2) is 11.4 Å². The summed E-state index contributed by atoms with van der Waals surface area (Å²) in [7, 11) is -2.39. The van der Waals surface area contributed by atoms with Gasteiger partial charge in [0.05, 0.1) is 12.8 Å². The van der Waals surface area contributed by atoms with E-state index >= 15 is 0 Å². The first-order valence-corrected chi connectivity index (χ1v) is 7.29. The van der Waals surface area contributed by atoms with Crippen LogP contribution in [-0.2, 0) is 14.9 Å². The number of hydrogen-bond acceptors (Lipinski definition) is 5. The van der Waals surface area contributed by atoms with E-state index in [2.05, 4.69) is 14.2 Å². The van der Waals surface area contributed by atoms with Gasteiger partial charge in [-0.1, -0.05) is 6.92 Å². The number of carbonyl (C=O) groups excluding carboxylic acids is 1. The second-order valence-electron chi connectivity index (χ2n) is 3.15. The van der Waals surface area contributed by atoms with Gasteiger partial charge in [0.1, 0.15) is 4.88 Å². The zero-order chi connectivity index (χ0) is 12.9. The molecule has 0 aromatic carbocycles. The summed E-state index contributed by atoms with van der Waals surface area (Å²) in [6, 6.07) is 1.52. The van der Waals surface area contributed by atoms with Gasteiger partial charge >= 0.3 is 5.97 Å². The van der Waals surface area contributed by atoms with Crippen molar-refractivity contribution in [3.8, 4) is 0 Å². The first kappa shape index (κ1) is 13.9. The smallest absolute Gasteiger partial charge is 0.350 e. The summed E-state index contributed by atoms with van der Waals surface area (Å²) in [4.78, 5) is 11.6. The third-order valence-electron chi connectivity index (χ3n) is 1.82. The predicted octanol–water partition coefficient (Wildman–Crippen LogP) is 1.19.